The van der Waals surface area contributed by atoms with Crippen LogP contribution >= 0.6 is 22.9 Å². The molecule has 0 unspecified atom stereocenters. The lowest BCUT2D eigenvalue weighted by atomic mass is 10.3. The zero-order valence-electron chi connectivity index (χ0n) is 11.6. The topological polar surface area (TPSA) is 59.9 Å². The molecule has 108 valence electrons. The van der Waals surface area contributed by atoms with Crippen molar-refractivity contribution in [2.45, 2.75) is 13.8 Å². The van der Waals surface area contributed by atoms with Crippen molar-refractivity contribution in [3.63, 3.8) is 0 Å². The Hall–Kier alpha value is -1.92. The molecule has 0 aliphatic heterocycles. The molecular formula is C14H13ClN4OS. The second kappa shape index (κ2) is 5.83. The van der Waals surface area contributed by atoms with Gasteiger partial charge in [-0.15, -0.1) is 0 Å². The first-order valence-electron chi connectivity index (χ1n) is 6.45. The van der Waals surface area contributed by atoms with Gasteiger partial charge in [0.05, 0.1) is 16.8 Å². The van der Waals surface area contributed by atoms with Crippen LogP contribution in [0.1, 0.15) is 12.6 Å². The number of anilines is 2. The molecule has 0 bridgehead atoms. The van der Waals surface area contributed by atoms with E-state index in [1.165, 1.54) is 11.3 Å². The Labute approximate surface area is 131 Å². The van der Waals surface area contributed by atoms with Gasteiger partial charge in [0, 0.05) is 11.8 Å². The van der Waals surface area contributed by atoms with Gasteiger partial charge in [0.15, 0.2) is 5.13 Å². The second-order valence-electron chi connectivity index (χ2n) is 4.37. The van der Waals surface area contributed by atoms with Crippen molar-refractivity contribution in [3.8, 4) is 5.75 Å². The summed E-state index contributed by atoms with van der Waals surface area (Å²) in [5.41, 5.74) is 1.72. The van der Waals surface area contributed by atoms with Crippen LogP contribution in [-0.2, 0) is 0 Å². The van der Waals surface area contributed by atoms with Gasteiger partial charge in [-0.05, 0) is 43.6 Å². The minimum absolute atomic E-state index is 0.220. The first-order chi connectivity index (χ1) is 10.1. The third-order valence-corrected chi connectivity index (χ3v) is 3.84. The fourth-order valence-corrected chi connectivity index (χ4v) is 3.05. The van der Waals surface area contributed by atoms with Gasteiger partial charge >= 0.3 is 0 Å². The third kappa shape index (κ3) is 3.22. The molecule has 0 aliphatic rings. The average Bonchev–Trinajstić information content (AvgIpc) is 2.79. The Balaban J connectivity index is 1.90. The van der Waals surface area contributed by atoms with Crippen LogP contribution in [0.15, 0.2) is 24.3 Å². The van der Waals surface area contributed by atoms with Gasteiger partial charge in [0.1, 0.15) is 11.6 Å². The van der Waals surface area contributed by atoms with Gasteiger partial charge in [-0.1, -0.05) is 11.3 Å². The molecule has 1 N–H and O–H groups in total. The van der Waals surface area contributed by atoms with Crippen LogP contribution in [0, 0.1) is 6.92 Å². The number of rotatable bonds is 4. The fraction of sp³-hybridized carbons (Fsp3) is 0.214. The number of aryl methyl sites for hydroxylation is 1. The molecular weight excluding hydrogens is 308 g/mol. The second-order valence-corrected chi connectivity index (χ2v) is 5.74. The van der Waals surface area contributed by atoms with E-state index in [0.29, 0.717) is 12.4 Å². The van der Waals surface area contributed by atoms with Crippen molar-refractivity contribution in [3.05, 3.63) is 35.2 Å². The van der Waals surface area contributed by atoms with E-state index in [9.17, 15) is 0 Å². The number of thiazole rings is 1. The smallest absolute Gasteiger partial charge is 0.224 e. The lowest BCUT2D eigenvalue weighted by Crippen LogP contribution is -1.96. The molecule has 0 amide bonds. The predicted octanol–water partition coefficient (Wildman–Crippen LogP) is 4.19. The maximum atomic E-state index is 5.85. The van der Waals surface area contributed by atoms with Crippen molar-refractivity contribution in [1.29, 1.82) is 0 Å². The van der Waals surface area contributed by atoms with Crippen molar-refractivity contribution in [2.75, 3.05) is 11.9 Å². The van der Waals surface area contributed by atoms with Gasteiger partial charge in [-0.3, -0.25) is 0 Å². The highest BCUT2D eigenvalue weighted by atomic mass is 35.5. The Bertz CT molecular complexity index is 769. The molecule has 2 aromatic heterocycles. The number of nitrogens with one attached hydrogen (secondary N) is 1. The minimum atomic E-state index is 0.220. The zero-order valence-corrected chi connectivity index (χ0v) is 13.1. The summed E-state index contributed by atoms with van der Waals surface area (Å²) < 4.78 is 6.55. The number of fused-ring (bicyclic) bond motifs is 1. The molecule has 0 saturated heterocycles. The van der Waals surface area contributed by atoms with Crippen LogP contribution in [0.3, 0.4) is 0 Å². The molecule has 1 aromatic carbocycles. The summed E-state index contributed by atoms with van der Waals surface area (Å²) in [6.07, 6.45) is 0. The van der Waals surface area contributed by atoms with Gasteiger partial charge in [0.25, 0.3) is 0 Å². The summed E-state index contributed by atoms with van der Waals surface area (Å²) in [6, 6.07) is 7.67. The first-order valence-corrected chi connectivity index (χ1v) is 7.65. The molecule has 0 fully saturated rings. The molecule has 21 heavy (non-hydrogen) atoms. The van der Waals surface area contributed by atoms with E-state index in [2.05, 4.69) is 20.3 Å². The van der Waals surface area contributed by atoms with E-state index in [-0.39, 0.29) is 5.28 Å². The minimum Gasteiger partial charge on any atom is -0.494 e. The van der Waals surface area contributed by atoms with Gasteiger partial charge in [-0.25, -0.2) is 15.0 Å². The molecule has 3 rings (SSSR count). The fourth-order valence-electron chi connectivity index (χ4n) is 1.92. The standard InChI is InChI=1S/C14H13ClN4OS/c1-3-20-9-4-5-10-11(7-9)21-14(17-10)19-12-6-8(2)16-13(15)18-12/h4-7H,3H2,1-2H3,(H,16,17,18,19). The first kappa shape index (κ1) is 14.0. The van der Waals surface area contributed by atoms with E-state index in [1.807, 2.05) is 38.1 Å². The molecule has 0 aliphatic carbocycles. The monoisotopic (exact) mass is 320 g/mol. The Kier molecular flexibility index (Phi) is 3.90. The molecule has 0 atom stereocenters. The van der Waals surface area contributed by atoms with E-state index >= 15 is 0 Å². The number of nitrogens with zero attached hydrogens (tertiary/aromatic N) is 3. The number of hydrogen-bond donors (Lipinski definition) is 1. The van der Waals surface area contributed by atoms with Crippen molar-refractivity contribution in [1.82, 2.24) is 15.0 Å². The largest absolute Gasteiger partial charge is 0.494 e. The summed E-state index contributed by atoms with van der Waals surface area (Å²) in [5.74, 6) is 1.48. The molecule has 7 heteroatoms. The van der Waals surface area contributed by atoms with Crippen LogP contribution in [0.25, 0.3) is 10.2 Å². The predicted molar refractivity (Wildman–Crippen MR) is 85.9 cm³/mol. The molecule has 0 radical (unpaired) electrons. The molecule has 3 aromatic rings. The highest BCUT2D eigenvalue weighted by molar-refractivity contribution is 7.22. The van der Waals surface area contributed by atoms with E-state index in [4.69, 9.17) is 16.3 Å². The van der Waals surface area contributed by atoms with Crippen LogP contribution in [0.4, 0.5) is 10.9 Å². The van der Waals surface area contributed by atoms with E-state index in [0.717, 1.165) is 26.8 Å². The Morgan fingerprint density at radius 1 is 1.24 bits per heavy atom. The zero-order chi connectivity index (χ0) is 14.8. The summed E-state index contributed by atoms with van der Waals surface area (Å²) in [4.78, 5) is 12.7. The molecule has 2 heterocycles. The Morgan fingerprint density at radius 2 is 2.10 bits per heavy atom. The van der Waals surface area contributed by atoms with Crippen molar-refractivity contribution < 1.29 is 4.74 Å². The lowest BCUT2D eigenvalue weighted by molar-refractivity contribution is 0.341. The molecule has 0 spiro atoms. The SMILES string of the molecule is CCOc1ccc2nc(Nc3cc(C)nc(Cl)n3)sc2c1. The summed E-state index contributed by atoms with van der Waals surface area (Å²) >= 11 is 7.39. The normalized spacial score (nSPS) is 10.8. The van der Waals surface area contributed by atoms with Crippen LogP contribution in [0.2, 0.25) is 5.28 Å². The van der Waals surface area contributed by atoms with Crippen LogP contribution in [-0.4, -0.2) is 21.6 Å². The summed E-state index contributed by atoms with van der Waals surface area (Å²) in [5, 5.41) is 4.13. The van der Waals surface area contributed by atoms with Gasteiger partial charge < -0.3 is 10.1 Å². The van der Waals surface area contributed by atoms with Gasteiger partial charge in [0.2, 0.25) is 5.28 Å². The molecule has 0 saturated carbocycles. The third-order valence-electron chi connectivity index (χ3n) is 2.73. The van der Waals surface area contributed by atoms with E-state index < -0.39 is 0 Å². The van der Waals surface area contributed by atoms with Crippen LogP contribution in [0.5, 0.6) is 5.75 Å². The highest BCUT2D eigenvalue weighted by Gasteiger charge is 2.07. The number of hydrogen-bond acceptors (Lipinski definition) is 6. The lowest BCUT2D eigenvalue weighted by Gasteiger charge is -2.02. The summed E-state index contributed by atoms with van der Waals surface area (Å²) in [7, 11) is 0. The Morgan fingerprint density at radius 3 is 2.86 bits per heavy atom. The van der Waals surface area contributed by atoms with Crippen LogP contribution < -0.4 is 10.1 Å². The number of benzene rings is 1. The van der Waals surface area contributed by atoms with Gasteiger partial charge in [-0.2, -0.15) is 0 Å². The van der Waals surface area contributed by atoms with Crippen molar-refractivity contribution in [2.24, 2.45) is 0 Å². The highest BCUT2D eigenvalue weighted by Crippen LogP contribution is 2.30. The van der Waals surface area contributed by atoms with E-state index in [1.54, 1.807) is 0 Å². The summed E-state index contributed by atoms with van der Waals surface area (Å²) in [6.45, 7) is 4.48. The maximum Gasteiger partial charge on any atom is 0.224 e. The average molecular weight is 321 g/mol. The quantitative estimate of drug-likeness (QED) is 0.730. The maximum absolute atomic E-state index is 5.85. The van der Waals surface area contributed by atoms with Crippen molar-refractivity contribution >= 4 is 44.1 Å². The number of ether oxygens (including phenoxy) is 1. The molecule has 5 nitrogen and oxygen atoms in total. The number of halogens is 1. The number of aromatic nitrogens is 3.